The minimum absolute atomic E-state index is 0.142. The highest BCUT2D eigenvalue weighted by atomic mass is 19.3. The van der Waals surface area contributed by atoms with E-state index in [-0.39, 0.29) is 5.88 Å². The summed E-state index contributed by atoms with van der Waals surface area (Å²) in [6, 6.07) is 2.95. The Morgan fingerprint density at radius 3 is 2.83 bits per heavy atom. The molecule has 0 aromatic carbocycles. The molecule has 3 rings (SSSR count). The molecule has 0 atom stereocenters. The van der Waals surface area contributed by atoms with Gasteiger partial charge >= 0.3 is 6.61 Å². The standard InChI is InChI=1S/C14H16F2N6O/c15-13(16)23-11-3-2-10(8-18-11)12-19-9-20-14(21-12)22-6-1-4-17-5-7-22/h2-3,8-9,13,17H,1,4-7H2. The third-order valence-corrected chi connectivity index (χ3v) is 3.39. The third-order valence-electron chi connectivity index (χ3n) is 3.39. The molecule has 9 heteroatoms. The average molecular weight is 322 g/mol. The summed E-state index contributed by atoms with van der Waals surface area (Å²) in [7, 11) is 0. The normalized spacial score (nSPS) is 15.5. The Balaban J connectivity index is 1.78. The molecule has 2 aromatic heterocycles. The number of nitrogens with zero attached hydrogens (tertiary/aromatic N) is 5. The van der Waals surface area contributed by atoms with Crippen LogP contribution in [0.5, 0.6) is 5.88 Å². The molecule has 2 aromatic rings. The van der Waals surface area contributed by atoms with Crippen LogP contribution < -0.4 is 15.0 Å². The summed E-state index contributed by atoms with van der Waals surface area (Å²) in [6.07, 6.45) is 3.86. The van der Waals surface area contributed by atoms with Crippen LogP contribution in [0.4, 0.5) is 14.7 Å². The molecule has 1 saturated heterocycles. The summed E-state index contributed by atoms with van der Waals surface area (Å²) in [5.74, 6) is 0.909. The van der Waals surface area contributed by atoms with Crippen LogP contribution in [0.15, 0.2) is 24.7 Å². The lowest BCUT2D eigenvalue weighted by molar-refractivity contribution is -0.0528. The molecule has 122 valence electrons. The SMILES string of the molecule is FC(F)Oc1ccc(-c2ncnc(N3CCCNCC3)n2)cn1. The molecule has 1 aliphatic rings. The number of alkyl halides is 2. The molecular formula is C14H16F2N6O. The van der Waals surface area contributed by atoms with Gasteiger partial charge in [0, 0.05) is 37.5 Å². The van der Waals surface area contributed by atoms with Crippen molar-refractivity contribution in [3.8, 4) is 17.3 Å². The van der Waals surface area contributed by atoms with Crippen molar-refractivity contribution < 1.29 is 13.5 Å². The van der Waals surface area contributed by atoms with Crippen molar-refractivity contribution >= 4 is 5.95 Å². The highest BCUT2D eigenvalue weighted by Gasteiger charge is 2.14. The van der Waals surface area contributed by atoms with Gasteiger partial charge in [0.15, 0.2) is 5.82 Å². The fourth-order valence-electron chi connectivity index (χ4n) is 2.30. The number of ether oxygens (including phenoxy) is 1. The molecule has 0 saturated carbocycles. The Bertz CT molecular complexity index is 631. The highest BCUT2D eigenvalue weighted by molar-refractivity contribution is 5.55. The van der Waals surface area contributed by atoms with Gasteiger partial charge in [-0.2, -0.15) is 13.8 Å². The molecule has 0 bridgehead atoms. The lowest BCUT2D eigenvalue weighted by Gasteiger charge is -2.19. The maximum Gasteiger partial charge on any atom is 0.388 e. The van der Waals surface area contributed by atoms with Crippen LogP contribution in [-0.4, -0.2) is 52.7 Å². The van der Waals surface area contributed by atoms with Crippen LogP contribution in [0.1, 0.15) is 6.42 Å². The van der Waals surface area contributed by atoms with E-state index in [0.717, 1.165) is 32.6 Å². The fraction of sp³-hybridized carbons (Fsp3) is 0.429. The summed E-state index contributed by atoms with van der Waals surface area (Å²) in [5.41, 5.74) is 0.614. The Labute approximate surface area is 131 Å². The minimum Gasteiger partial charge on any atom is -0.417 e. The summed E-state index contributed by atoms with van der Waals surface area (Å²) >= 11 is 0. The van der Waals surface area contributed by atoms with Crippen LogP contribution in [0, 0.1) is 0 Å². The van der Waals surface area contributed by atoms with E-state index < -0.39 is 6.61 Å². The Kier molecular flexibility index (Phi) is 4.86. The molecule has 7 nitrogen and oxygen atoms in total. The average Bonchev–Trinajstić information content (AvgIpc) is 2.84. The second-order valence-electron chi connectivity index (χ2n) is 4.96. The fourth-order valence-corrected chi connectivity index (χ4v) is 2.30. The third kappa shape index (κ3) is 4.07. The lowest BCUT2D eigenvalue weighted by Crippen LogP contribution is -2.29. The van der Waals surface area contributed by atoms with Crippen LogP contribution >= 0.6 is 0 Å². The summed E-state index contributed by atoms with van der Waals surface area (Å²) < 4.78 is 28.5. The van der Waals surface area contributed by atoms with E-state index in [9.17, 15) is 8.78 Å². The van der Waals surface area contributed by atoms with Crippen molar-refractivity contribution in [2.45, 2.75) is 13.0 Å². The lowest BCUT2D eigenvalue weighted by atomic mass is 10.3. The predicted molar refractivity (Wildman–Crippen MR) is 79.4 cm³/mol. The molecule has 0 spiro atoms. The number of aromatic nitrogens is 4. The van der Waals surface area contributed by atoms with Gasteiger partial charge in [0.05, 0.1) is 0 Å². The number of rotatable bonds is 4. The molecular weight excluding hydrogens is 306 g/mol. The zero-order chi connectivity index (χ0) is 16.1. The van der Waals surface area contributed by atoms with E-state index in [1.54, 1.807) is 6.07 Å². The zero-order valence-electron chi connectivity index (χ0n) is 12.3. The molecule has 0 aliphatic carbocycles. The van der Waals surface area contributed by atoms with Crippen molar-refractivity contribution in [2.75, 3.05) is 31.1 Å². The van der Waals surface area contributed by atoms with Crippen LogP contribution in [0.3, 0.4) is 0 Å². The molecule has 0 unspecified atom stereocenters. The number of nitrogens with one attached hydrogen (secondary N) is 1. The smallest absolute Gasteiger partial charge is 0.388 e. The number of hydrogen-bond acceptors (Lipinski definition) is 7. The molecule has 3 heterocycles. The zero-order valence-corrected chi connectivity index (χ0v) is 12.3. The number of hydrogen-bond donors (Lipinski definition) is 1. The minimum atomic E-state index is -2.89. The maximum absolute atomic E-state index is 12.1. The Morgan fingerprint density at radius 1 is 1.13 bits per heavy atom. The van der Waals surface area contributed by atoms with E-state index in [4.69, 9.17) is 0 Å². The van der Waals surface area contributed by atoms with E-state index >= 15 is 0 Å². The van der Waals surface area contributed by atoms with Gasteiger partial charge in [0.25, 0.3) is 0 Å². The molecule has 1 aliphatic heterocycles. The van der Waals surface area contributed by atoms with Crippen molar-refractivity contribution in [1.29, 1.82) is 0 Å². The first-order chi connectivity index (χ1) is 11.2. The van der Waals surface area contributed by atoms with Gasteiger partial charge < -0.3 is 15.0 Å². The summed E-state index contributed by atoms with van der Waals surface area (Å²) in [5, 5.41) is 3.32. The molecule has 0 amide bonds. The number of anilines is 1. The first kappa shape index (κ1) is 15.5. The largest absolute Gasteiger partial charge is 0.417 e. The quantitative estimate of drug-likeness (QED) is 0.910. The van der Waals surface area contributed by atoms with E-state index in [2.05, 4.69) is 34.9 Å². The second kappa shape index (κ2) is 7.23. The topological polar surface area (TPSA) is 76.1 Å². The van der Waals surface area contributed by atoms with Crippen molar-refractivity contribution in [3.05, 3.63) is 24.7 Å². The van der Waals surface area contributed by atoms with Crippen molar-refractivity contribution in [3.63, 3.8) is 0 Å². The van der Waals surface area contributed by atoms with Crippen LogP contribution in [-0.2, 0) is 0 Å². The first-order valence-electron chi connectivity index (χ1n) is 7.28. The van der Waals surface area contributed by atoms with Gasteiger partial charge in [-0.1, -0.05) is 0 Å². The first-order valence-corrected chi connectivity index (χ1v) is 7.28. The maximum atomic E-state index is 12.1. The van der Waals surface area contributed by atoms with Crippen LogP contribution in [0.2, 0.25) is 0 Å². The number of pyridine rings is 1. The second-order valence-corrected chi connectivity index (χ2v) is 4.96. The summed E-state index contributed by atoms with van der Waals surface area (Å²) in [4.78, 5) is 18.7. The van der Waals surface area contributed by atoms with Gasteiger partial charge in [-0.15, -0.1) is 0 Å². The Morgan fingerprint density at radius 2 is 2.04 bits per heavy atom. The van der Waals surface area contributed by atoms with E-state index in [1.165, 1.54) is 18.6 Å². The molecule has 23 heavy (non-hydrogen) atoms. The van der Waals surface area contributed by atoms with E-state index in [0.29, 0.717) is 17.3 Å². The van der Waals surface area contributed by atoms with Crippen molar-refractivity contribution in [2.24, 2.45) is 0 Å². The van der Waals surface area contributed by atoms with Gasteiger partial charge in [0.1, 0.15) is 6.33 Å². The Hall–Kier alpha value is -2.42. The van der Waals surface area contributed by atoms with Crippen LogP contribution in [0.25, 0.3) is 11.4 Å². The molecule has 1 fully saturated rings. The highest BCUT2D eigenvalue weighted by Crippen LogP contribution is 2.19. The summed E-state index contributed by atoms with van der Waals surface area (Å²) in [6.45, 7) is 0.652. The number of halogens is 2. The predicted octanol–water partition coefficient (Wildman–Crippen LogP) is 1.33. The van der Waals surface area contributed by atoms with Gasteiger partial charge in [-0.05, 0) is 19.0 Å². The molecule has 1 N–H and O–H groups in total. The molecule has 0 radical (unpaired) electrons. The van der Waals surface area contributed by atoms with Gasteiger partial charge in [0.2, 0.25) is 11.8 Å². The van der Waals surface area contributed by atoms with E-state index in [1.807, 2.05) is 0 Å². The van der Waals surface area contributed by atoms with Gasteiger partial charge in [-0.3, -0.25) is 0 Å². The monoisotopic (exact) mass is 322 g/mol. The van der Waals surface area contributed by atoms with Gasteiger partial charge in [-0.25, -0.2) is 15.0 Å². The van der Waals surface area contributed by atoms with Crippen molar-refractivity contribution in [1.82, 2.24) is 25.3 Å².